The SMILES string of the molecule is CC(OC(=O)C1CC=CCC1)C(=O)Nc1ccc(S(=O)(=O)N2CCOCC2)cc1. The molecule has 1 fully saturated rings. The Balaban J connectivity index is 1.56. The van der Waals surface area contributed by atoms with Crippen LogP contribution >= 0.6 is 0 Å². The lowest BCUT2D eigenvalue weighted by Gasteiger charge is -2.26. The van der Waals surface area contributed by atoms with Crippen LogP contribution in [0.4, 0.5) is 5.69 Å². The predicted octanol–water partition coefficient (Wildman–Crippen LogP) is 1.93. The van der Waals surface area contributed by atoms with E-state index in [1.165, 1.54) is 35.5 Å². The molecule has 1 aliphatic carbocycles. The van der Waals surface area contributed by atoms with Crippen LogP contribution in [0.1, 0.15) is 26.2 Å². The molecule has 1 saturated heterocycles. The van der Waals surface area contributed by atoms with Crippen LogP contribution in [-0.4, -0.2) is 57.0 Å². The smallest absolute Gasteiger partial charge is 0.310 e. The van der Waals surface area contributed by atoms with Crippen LogP contribution in [0.2, 0.25) is 0 Å². The highest BCUT2D eigenvalue weighted by atomic mass is 32.2. The molecular weight excluding hydrogens is 396 g/mol. The topological polar surface area (TPSA) is 102 Å². The number of carbonyl (C=O) groups is 2. The number of carbonyl (C=O) groups excluding carboxylic acids is 2. The van der Waals surface area contributed by atoms with Crippen LogP contribution in [0.3, 0.4) is 0 Å². The largest absolute Gasteiger partial charge is 0.452 e. The fourth-order valence-electron chi connectivity index (χ4n) is 3.22. The summed E-state index contributed by atoms with van der Waals surface area (Å²) in [5.41, 5.74) is 0.430. The van der Waals surface area contributed by atoms with E-state index < -0.39 is 22.0 Å². The summed E-state index contributed by atoms with van der Waals surface area (Å²) in [5.74, 6) is -1.04. The second kappa shape index (κ2) is 9.51. The van der Waals surface area contributed by atoms with Crippen molar-refractivity contribution in [3.8, 4) is 0 Å². The number of hydrogen-bond donors (Lipinski definition) is 1. The average molecular weight is 423 g/mol. The van der Waals surface area contributed by atoms with E-state index in [0.29, 0.717) is 38.4 Å². The molecule has 1 aromatic carbocycles. The van der Waals surface area contributed by atoms with Gasteiger partial charge in [0, 0.05) is 18.8 Å². The third-order valence-electron chi connectivity index (χ3n) is 4.99. The van der Waals surface area contributed by atoms with E-state index in [9.17, 15) is 18.0 Å². The number of amides is 1. The summed E-state index contributed by atoms with van der Waals surface area (Å²) >= 11 is 0. The number of morpholine rings is 1. The van der Waals surface area contributed by atoms with Gasteiger partial charge >= 0.3 is 5.97 Å². The molecule has 3 rings (SSSR count). The Morgan fingerprint density at radius 1 is 1.17 bits per heavy atom. The van der Waals surface area contributed by atoms with E-state index in [1.54, 1.807) is 0 Å². The Bertz CT molecular complexity index is 859. The van der Waals surface area contributed by atoms with Crippen molar-refractivity contribution in [2.45, 2.75) is 37.2 Å². The Morgan fingerprint density at radius 2 is 1.86 bits per heavy atom. The van der Waals surface area contributed by atoms with Crippen LogP contribution in [-0.2, 0) is 29.1 Å². The first-order valence-electron chi connectivity index (χ1n) is 9.72. The van der Waals surface area contributed by atoms with Gasteiger partial charge in [-0.3, -0.25) is 9.59 Å². The molecule has 158 valence electrons. The Morgan fingerprint density at radius 3 is 2.48 bits per heavy atom. The molecule has 0 bridgehead atoms. The standard InChI is InChI=1S/C20H26N2O6S/c1-15(28-20(24)16-5-3-2-4-6-16)19(23)21-17-7-9-18(10-8-17)29(25,26)22-11-13-27-14-12-22/h2-3,7-10,15-16H,4-6,11-14H2,1H3,(H,21,23). The van der Waals surface area contributed by atoms with Gasteiger partial charge in [-0.2, -0.15) is 4.31 Å². The summed E-state index contributed by atoms with van der Waals surface area (Å²) in [4.78, 5) is 24.6. The van der Waals surface area contributed by atoms with Crippen molar-refractivity contribution in [2.75, 3.05) is 31.6 Å². The summed E-state index contributed by atoms with van der Waals surface area (Å²) in [6.45, 7) is 2.91. The third-order valence-corrected chi connectivity index (χ3v) is 6.91. The molecule has 0 saturated carbocycles. The van der Waals surface area contributed by atoms with E-state index >= 15 is 0 Å². The molecule has 1 N–H and O–H groups in total. The normalized spacial score (nSPS) is 21.3. The Kier molecular flexibility index (Phi) is 7.05. The van der Waals surface area contributed by atoms with E-state index in [0.717, 1.165) is 12.8 Å². The van der Waals surface area contributed by atoms with Crippen LogP contribution in [0.25, 0.3) is 0 Å². The van der Waals surface area contributed by atoms with E-state index in [1.807, 2.05) is 12.2 Å². The lowest BCUT2D eigenvalue weighted by Crippen LogP contribution is -2.40. The van der Waals surface area contributed by atoms with Crippen molar-refractivity contribution in [3.63, 3.8) is 0 Å². The van der Waals surface area contributed by atoms with Gasteiger partial charge in [-0.15, -0.1) is 0 Å². The summed E-state index contributed by atoms with van der Waals surface area (Å²) in [6.07, 6.45) is 5.23. The fraction of sp³-hybridized carbons (Fsp3) is 0.500. The fourth-order valence-corrected chi connectivity index (χ4v) is 4.63. The number of nitrogens with one attached hydrogen (secondary N) is 1. The highest BCUT2D eigenvalue weighted by Crippen LogP contribution is 2.21. The molecule has 2 aliphatic rings. The molecule has 2 atom stereocenters. The van der Waals surface area contributed by atoms with Crippen LogP contribution in [0.5, 0.6) is 0 Å². The minimum absolute atomic E-state index is 0.155. The molecule has 9 heteroatoms. The van der Waals surface area contributed by atoms with Crippen LogP contribution in [0.15, 0.2) is 41.3 Å². The Labute approximate surface area is 170 Å². The zero-order chi connectivity index (χ0) is 20.9. The highest BCUT2D eigenvalue weighted by Gasteiger charge is 2.27. The van der Waals surface area contributed by atoms with Gasteiger partial charge in [0.2, 0.25) is 10.0 Å². The Hall–Kier alpha value is -2.23. The average Bonchev–Trinajstić information content (AvgIpc) is 2.75. The van der Waals surface area contributed by atoms with Crippen molar-refractivity contribution in [1.82, 2.24) is 4.31 Å². The number of benzene rings is 1. The van der Waals surface area contributed by atoms with Crippen LogP contribution < -0.4 is 5.32 Å². The summed E-state index contributed by atoms with van der Waals surface area (Å²) in [7, 11) is -3.59. The maximum Gasteiger partial charge on any atom is 0.310 e. The molecule has 29 heavy (non-hydrogen) atoms. The molecule has 0 spiro atoms. The first-order valence-corrected chi connectivity index (χ1v) is 11.2. The second-order valence-corrected chi connectivity index (χ2v) is 9.03. The van der Waals surface area contributed by atoms with Crippen molar-refractivity contribution < 1.29 is 27.5 Å². The van der Waals surface area contributed by atoms with Gasteiger partial charge < -0.3 is 14.8 Å². The van der Waals surface area contributed by atoms with Crippen molar-refractivity contribution in [1.29, 1.82) is 0 Å². The minimum Gasteiger partial charge on any atom is -0.452 e. The van der Waals surface area contributed by atoms with Gasteiger partial charge in [0.05, 0.1) is 24.0 Å². The number of hydrogen-bond acceptors (Lipinski definition) is 6. The molecule has 8 nitrogen and oxygen atoms in total. The van der Waals surface area contributed by atoms with Gasteiger partial charge in [-0.05, 0) is 50.5 Å². The summed E-state index contributed by atoms with van der Waals surface area (Å²) < 4.78 is 37.1. The van der Waals surface area contributed by atoms with Gasteiger partial charge in [-0.1, -0.05) is 12.2 Å². The second-order valence-electron chi connectivity index (χ2n) is 7.09. The number of anilines is 1. The molecule has 0 aromatic heterocycles. The van der Waals surface area contributed by atoms with E-state index in [2.05, 4.69) is 5.32 Å². The first kappa shape index (κ1) is 21.5. The quantitative estimate of drug-likeness (QED) is 0.555. The molecule has 1 aliphatic heterocycles. The monoisotopic (exact) mass is 422 g/mol. The number of ether oxygens (including phenoxy) is 2. The summed E-state index contributed by atoms with van der Waals surface area (Å²) in [6, 6.07) is 5.94. The number of esters is 1. The summed E-state index contributed by atoms with van der Waals surface area (Å²) in [5, 5.41) is 2.65. The first-order chi connectivity index (χ1) is 13.9. The van der Waals surface area contributed by atoms with Crippen LogP contribution in [0, 0.1) is 5.92 Å². The van der Waals surface area contributed by atoms with Crippen molar-refractivity contribution in [2.24, 2.45) is 5.92 Å². The van der Waals surface area contributed by atoms with E-state index in [-0.39, 0.29) is 16.8 Å². The molecular formula is C20H26N2O6S. The molecule has 1 heterocycles. The van der Waals surface area contributed by atoms with Gasteiger partial charge in [0.1, 0.15) is 0 Å². The van der Waals surface area contributed by atoms with Crippen molar-refractivity contribution in [3.05, 3.63) is 36.4 Å². The maximum atomic E-state index is 12.6. The van der Waals surface area contributed by atoms with Crippen molar-refractivity contribution >= 4 is 27.6 Å². The molecule has 2 unspecified atom stereocenters. The number of rotatable bonds is 6. The molecule has 1 aromatic rings. The molecule has 0 radical (unpaired) electrons. The number of allylic oxidation sites excluding steroid dienone is 2. The zero-order valence-electron chi connectivity index (χ0n) is 16.4. The maximum absolute atomic E-state index is 12.6. The number of nitrogens with zero attached hydrogens (tertiary/aromatic N) is 1. The van der Waals surface area contributed by atoms with Gasteiger partial charge in [-0.25, -0.2) is 8.42 Å². The molecule has 1 amide bonds. The highest BCUT2D eigenvalue weighted by molar-refractivity contribution is 7.89. The number of sulfonamides is 1. The minimum atomic E-state index is -3.59. The predicted molar refractivity (Wildman–Crippen MR) is 107 cm³/mol. The lowest BCUT2D eigenvalue weighted by atomic mass is 9.95. The van der Waals surface area contributed by atoms with E-state index in [4.69, 9.17) is 9.47 Å². The lowest BCUT2D eigenvalue weighted by molar-refractivity contribution is -0.157. The zero-order valence-corrected chi connectivity index (χ0v) is 17.2. The van der Waals surface area contributed by atoms with Gasteiger partial charge in [0.15, 0.2) is 6.10 Å². The third kappa shape index (κ3) is 5.43. The van der Waals surface area contributed by atoms with Gasteiger partial charge in [0.25, 0.3) is 5.91 Å².